The Bertz CT molecular complexity index is 1040. The van der Waals surface area contributed by atoms with Crippen molar-refractivity contribution in [3.63, 3.8) is 0 Å². The summed E-state index contributed by atoms with van der Waals surface area (Å²) in [6, 6.07) is 12.9. The molecule has 1 N–H and O–H groups in total. The van der Waals surface area contributed by atoms with Gasteiger partial charge in [0.25, 0.3) is 11.7 Å². The van der Waals surface area contributed by atoms with E-state index in [1.807, 2.05) is 6.07 Å². The van der Waals surface area contributed by atoms with E-state index in [0.717, 1.165) is 19.6 Å². The number of carbonyl (C=O) groups is 2. The average molecular weight is 475 g/mol. The van der Waals surface area contributed by atoms with Crippen molar-refractivity contribution in [3.8, 4) is 0 Å². The first kappa shape index (κ1) is 22.8. The summed E-state index contributed by atoms with van der Waals surface area (Å²) in [6.07, 6.45) is 0.681. The molecule has 32 heavy (non-hydrogen) atoms. The Balaban J connectivity index is 1.69. The number of ketones is 1. The molecule has 168 valence electrons. The lowest BCUT2D eigenvalue weighted by molar-refractivity contribution is -0.140. The van der Waals surface area contributed by atoms with Crippen LogP contribution in [-0.2, 0) is 14.3 Å². The molecule has 2 saturated heterocycles. The first-order valence-corrected chi connectivity index (χ1v) is 11.3. The number of Topliss-reactive ketones (excluding diaryl/α,β-unsaturated/α-hetero) is 1. The number of amides is 1. The molecule has 1 atom stereocenters. The molecule has 0 saturated carbocycles. The number of ether oxygens (including phenoxy) is 1. The molecule has 0 aromatic heterocycles. The number of morpholine rings is 1. The molecule has 0 radical (unpaired) electrons. The zero-order valence-electron chi connectivity index (χ0n) is 17.5. The van der Waals surface area contributed by atoms with Gasteiger partial charge >= 0.3 is 0 Å². The van der Waals surface area contributed by atoms with Gasteiger partial charge in [-0.1, -0.05) is 59.6 Å². The van der Waals surface area contributed by atoms with E-state index in [-0.39, 0.29) is 11.3 Å². The largest absolute Gasteiger partial charge is 0.507 e. The Labute approximate surface area is 197 Å². The van der Waals surface area contributed by atoms with E-state index in [9.17, 15) is 14.7 Å². The molecule has 0 spiro atoms. The molecule has 0 aliphatic carbocycles. The molecule has 2 aliphatic heterocycles. The number of nitrogens with zero attached hydrogens (tertiary/aromatic N) is 2. The number of carbonyl (C=O) groups excluding carboxylic acids is 2. The zero-order valence-corrected chi connectivity index (χ0v) is 19.0. The molecule has 0 unspecified atom stereocenters. The second-order valence-electron chi connectivity index (χ2n) is 7.83. The fourth-order valence-corrected chi connectivity index (χ4v) is 4.71. The highest BCUT2D eigenvalue weighted by Gasteiger charge is 2.46. The number of hydrogen-bond acceptors (Lipinski definition) is 5. The summed E-state index contributed by atoms with van der Waals surface area (Å²) in [4.78, 5) is 29.9. The molecule has 2 heterocycles. The second-order valence-corrected chi connectivity index (χ2v) is 8.68. The van der Waals surface area contributed by atoms with Crippen LogP contribution in [0.2, 0.25) is 10.0 Å². The minimum atomic E-state index is -0.787. The zero-order chi connectivity index (χ0) is 22.7. The van der Waals surface area contributed by atoms with Crippen LogP contribution < -0.4 is 0 Å². The molecule has 1 amide bonds. The lowest BCUT2D eigenvalue weighted by Gasteiger charge is -2.29. The number of aliphatic hydroxyl groups excluding tert-OH is 1. The highest BCUT2D eigenvalue weighted by atomic mass is 35.5. The van der Waals surface area contributed by atoms with E-state index in [0.29, 0.717) is 47.4 Å². The third-order valence-electron chi connectivity index (χ3n) is 5.82. The highest BCUT2D eigenvalue weighted by Crippen LogP contribution is 2.42. The van der Waals surface area contributed by atoms with E-state index in [1.165, 1.54) is 4.90 Å². The summed E-state index contributed by atoms with van der Waals surface area (Å²) in [5, 5.41) is 11.8. The van der Waals surface area contributed by atoms with Gasteiger partial charge in [-0.3, -0.25) is 14.5 Å². The van der Waals surface area contributed by atoms with Crippen molar-refractivity contribution in [2.75, 3.05) is 39.4 Å². The maximum atomic E-state index is 13.1. The number of hydrogen-bond donors (Lipinski definition) is 1. The quantitative estimate of drug-likeness (QED) is 0.387. The van der Waals surface area contributed by atoms with Gasteiger partial charge in [0.2, 0.25) is 0 Å². The maximum Gasteiger partial charge on any atom is 0.295 e. The van der Waals surface area contributed by atoms with Gasteiger partial charge in [-0.2, -0.15) is 0 Å². The fourth-order valence-electron chi connectivity index (χ4n) is 4.20. The summed E-state index contributed by atoms with van der Waals surface area (Å²) >= 11 is 12.6. The first-order valence-electron chi connectivity index (χ1n) is 10.6. The topological polar surface area (TPSA) is 70.1 Å². The lowest BCUT2D eigenvalue weighted by atomic mass is 9.95. The van der Waals surface area contributed by atoms with Crippen molar-refractivity contribution in [2.45, 2.75) is 12.5 Å². The van der Waals surface area contributed by atoms with Crippen LogP contribution in [0.3, 0.4) is 0 Å². The minimum Gasteiger partial charge on any atom is -0.507 e. The van der Waals surface area contributed by atoms with Crippen LogP contribution in [0.1, 0.15) is 23.6 Å². The van der Waals surface area contributed by atoms with Gasteiger partial charge in [0.05, 0.1) is 24.8 Å². The van der Waals surface area contributed by atoms with Crippen molar-refractivity contribution < 1.29 is 19.4 Å². The van der Waals surface area contributed by atoms with Crippen molar-refractivity contribution in [1.82, 2.24) is 9.80 Å². The van der Waals surface area contributed by atoms with Crippen LogP contribution in [0.25, 0.3) is 5.76 Å². The molecule has 2 aliphatic rings. The minimum absolute atomic E-state index is 0.0387. The predicted octanol–water partition coefficient (Wildman–Crippen LogP) is 4.14. The SMILES string of the molecule is O=C1C(=O)N(CCCN2CCOCC2)[C@H](c2ccc(Cl)cc2Cl)/C1=C(\O)c1ccccc1. The molecular formula is C24H24Cl2N2O4. The Morgan fingerprint density at radius 2 is 1.75 bits per heavy atom. The Morgan fingerprint density at radius 1 is 1.03 bits per heavy atom. The first-order chi connectivity index (χ1) is 15.5. The molecule has 6 nitrogen and oxygen atoms in total. The molecule has 2 aromatic rings. The smallest absolute Gasteiger partial charge is 0.295 e. The van der Waals surface area contributed by atoms with Gasteiger partial charge in [-0.05, 0) is 24.1 Å². The van der Waals surface area contributed by atoms with Gasteiger partial charge < -0.3 is 14.7 Å². The van der Waals surface area contributed by atoms with E-state index in [1.54, 1.807) is 42.5 Å². The fraction of sp³-hybridized carbons (Fsp3) is 0.333. The normalized spacial score (nSPS) is 21.3. The molecule has 8 heteroatoms. The predicted molar refractivity (Wildman–Crippen MR) is 124 cm³/mol. The standard InChI is InChI=1S/C24H24Cl2N2O4/c25-17-7-8-18(19(26)15-17)21-20(22(29)16-5-2-1-3-6-16)23(30)24(31)28(21)10-4-9-27-11-13-32-14-12-27/h1-3,5-8,15,21,29H,4,9-14H2/b22-20+/t21-/m1/s1. The van der Waals surface area contributed by atoms with Crippen LogP contribution in [0, 0.1) is 0 Å². The van der Waals surface area contributed by atoms with Crippen molar-refractivity contribution >= 4 is 40.7 Å². The van der Waals surface area contributed by atoms with E-state index >= 15 is 0 Å². The molecule has 4 rings (SSSR count). The van der Waals surface area contributed by atoms with Crippen LogP contribution in [0.5, 0.6) is 0 Å². The molecule has 2 fully saturated rings. The summed E-state index contributed by atoms with van der Waals surface area (Å²) in [6.45, 7) is 4.23. The number of likely N-dealkylation sites (tertiary alicyclic amines) is 1. The number of aliphatic hydroxyl groups is 1. The van der Waals surface area contributed by atoms with E-state index in [2.05, 4.69) is 4.90 Å². The summed E-state index contributed by atoms with van der Waals surface area (Å²) in [5.74, 6) is -1.56. The van der Waals surface area contributed by atoms with Crippen molar-refractivity contribution in [3.05, 3.63) is 75.3 Å². The third kappa shape index (κ3) is 4.69. The summed E-state index contributed by atoms with van der Waals surface area (Å²) < 4.78 is 5.38. The van der Waals surface area contributed by atoms with Crippen molar-refractivity contribution in [1.29, 1.82) is 0 Å². The van der Waals surface area contributed by atoms with Gasteiger partial charge in [0.15, 0.2) is 0 Å². The molecule has 0 bridgehead atoms. The molecular weight excluding hydrogens is 451 g/mol. The Hall–Kier alpha value is -2.38. The van der Waals surface area contributed by atoms with Crippen LogP contribution in [0.15, 0.2) is 54.1 Å². The molecule has 2 aromatic carbocycles. The van der Waals surface area contributed by atoms with Gasteiger partial charge in [-0.25, -0.2) is 0 Å². The maximum absolute atomic E-state index is 13.1. The third-order valence-corrected chi connectivity index (χ3v) is 6.38. The lowest BCUT2D eigenvalue weighted by Crippen LogP contribution is -2.39. The van der Waals surface area contributed by atoms with Gasteiger partial charge in [0, 0.05) is 41.8 Å². The number of halogens is 2. The van der Waals surface area contributed by atoms with Crippen LogP contribution in [-0.4, -0.2) is 66.0 Å². The number of benzene rings is 2. The monoisotopic (exact) mass is 474 g/mol. The van der Waals surface area contributed by atoms with E-state index in [4.69, 9.17) is 27.9 Å². The highest BCUT2D eigenvalue weighted by molar-refractivity contribution is 6.47. The summed E-state index contributed by atoms with van der Waals surface area (Å²) in [7, 11) is 0. The van der Waals surface area contributed by atoms with Crippen molar-refractivity contribution in [2.24, 2.45) is 0 Å². The Morgan fingerprint density at radius 3 is 2.44 bits per heavy atom. The van der Waals surface area contributed by atoms with Crippen LogP contribution >= 0.6 is 23.2 Å². The van der Waals surface area contributed by atoms with E-state index < -0.39 is 17.7 Å². The average Bonchev–Trinajstić information content (AvgIpc) is 3.05. The number of rotatable bonds is 6. The van der Waals surface area contributed by atoms with Crippen LogP contribution in [0.4, 0.5) is 0 Å². The Kier molecular flexibility index (Phi) is 7.16. The second kappa shape index (κ2) is 10.0. The van der Waals surface area contributed by atoms with Gasteiger partial charge in [-0.15, -0.1) is 0 Å². The summed E-state index contributed by atoms with van der Waals surface area (Å²) in [5.41, 5.74) is 1.06. The van der Waals surface area contributed by atoms with Gasteiger partial charge in [0.1, 0.15) is 5.76 Å².